The number of nitrogens with one attached hydrogen (secondary N) is 2. The number of carbonyl (C=O) groups excluding carboxylic acids is 1. The fraction of sp³-hybridized carbons (Fsp3) is 0.438. The van der Waals surface area contributed by atoms with Crippen molar-refractivity contribution in [3.8, 4) is 0 Å². The summed E-state index contributed by atoms with van der Waals surface area (Å²) >= 11 is 0. The van der Waals surface area contributed by atoms with E-state index >= 15 is 0 Å². The summed E-state index contributed by atoms with van der Waals surface area (Å²) in [5.74, 6) is -2.07. The van der Waals surface area contributed by atoms with Crippen molar-refractivity contribution in [3.63, 3.8) is 0 Å². The maximum Gasteiger partial charge on any atom is 0.323 e. The van der Waals surface area contributed by atoms with Gasteiger partial charge in [-0.25, -0.2) is 8.42 Å². The number of hydrogen-bond acceptors (Lipinski definition) is 7. The minimum absolute atomic E-state index is 0.0350. The Morgan fingerprint density at radius 3 is 2.38 bits per heavy atom. The Balaban J connectivity index is 2.32. The molecule has 162 valence electrons. The lowest BCUT2D eigenvalue weighted by atomic mass is 10.3. The van der Waals surface area contributed by atoms with E-state index in [1.807, 2.05) is 4.72 Å². The topological polar surface area (TPSA) is 195 Å². The summed E-state index contributed by atoms with van der Waals surface area (Å²) < 4.78 is 36.7. The van der Waals surface area contributed by atoms with Crippen LogP contribution < -0.4 is 21.5 Å². The van der Waals surface area contributed by atoms with Gasteiger partial charge in [-0.05, 0) is 12.1 Å². The molecule has 0 aliphatic rings. The average molecular weight is 431 g/mol. The first kappa shape index (κ1) is 24.3. The van der Waals surface area contributed by atoms with E-state index in [9.17, 15) is 23.1 Å². The molecule has 0 saturated carbocycles. The maximum absolute atomic E-state index is 12.2. The molecule has 1 rings (SSSR count). The Labute approximate surface area is 168 Å². The fourth-order valence-electron chi connectivity index (χ4n) is 1.93. The minimum Gasteiger partial charge on any atom is -0.480 e. The summed E-state index contributed by atoms with van der Waals surface area (Å²) in [6.45, 7) is 0.140. The van der Waals surface area contributed by atoms with Crippen molar-refractivity contribution < 1.29 is 32.6 Å². The van der Waals surface area contributed by atoms with Crippen LogP contribution in [0.5, 0.6) is 0 Å². The number of amides is 1. The van der Waals surface area contributed by atoms with E-state index in [0.717, 1.165) is 0 Å². The van der Waals surface area contributed by atoms with Gasteiger partial charge in [-0.1, -0.05) is 18.2 Å². The molecule has 0 aliphatic heterocycles. The van der Waals surface area contributed by atoms with Gasteiger partial charge in [0, 0.05) is 6.54 Å². The van der Waals surface area contributed by atoms with Crippen molar-refractivity contribution in [2.24, 2.45) is 16.5 Å². The van der Waals surface area contributed by atoms with E-state index in [1.165, 1.54) is 24.3 Å². The largest absolute Gasteiger partial charge is 0.480 e. The van der Waals surface area contributed by atoms with Gasteiger partial charge in [0.05, 0.1) is 31.3 Å². The summed E-state index contributed by atoms with van der Waals surface area (Å²) in [6, 6.07) is 5.76. The molecule has 0 aliphatic carbocycles. The zero-order chi connectivity index (χ0) is 21.7. The lowest BCUT2D eigenvalue weighted by Crippen LogP contribution is -2.48. The molecule has 0 saturated heterocycles. The average Bonchev–Trinajstić information content (AvgIpc) is 2.67. The van der Waals surface area contributed by atoms with E-state index in [0.29, 0.717) is 6.54 Å². The molecule has 0 radical (unpaired) electrons. The number of carbonyl (C=O) groups is 2. The molecular weight excluding hydrogens is 406 g/mol. The van der Waals surface area contributed by atoms with Crippen molar-refractivity contribution in [2.45, 2.75) is 10.9 Å². The smallest absolute Gasteiger partial charge is 0.323 e. The van der Waals surface area contributed by atoms with E-state index in [1.54, 1.807) is 6.07 Å². The van der Waals surface area contributed by atoms with E-state index in [-0.39, 0.29) is 37.3 Å². The van der Waals surface area contributed by atoms with Gasteiger partial charge in [0.1, 0.15) is 12.6 Å². The van der Waals surface area contributed by atoms with Crippen LogP contribution in [0.25, 0.3) is 0 Å². The van der Waals surface area contributed by atoms with Crippen LogP contribution in [-0.2, 0) is 29.1 Å². The van der Waals surface area contributed by atoms with Crippen LogP contribution in [0.4, 0.5) is 0 Å². The van der Waals surface area contributed by atoms with Crippen LogP contribution in [0.3, 0.4) is 0 Å². The van der Waals surface area contributed by atoms with Gasteiger partial charge in [0.25, 0.3) is 0 Å². The predicted octanol–water partition coefficient (Wildman–Crippen LogP) is -2.16. The predicted molar refractivity (Wildman–Crippen MR) is 104 cm³/mol. The first-order chi connectivity index (χ1) is 13.7. The Morgan fingerprint density at radius 2 is 1.76 bits per heavy atom. The quantitative estimate of drug-likeness (QED) is 0.124. The number of sulfonamides is 1. The monoisotopic (exact) mass is 431 g/mol. The highest BCUT2D eigenvalue weighted by Crippen LogP contribution is 2.07. The molecule has 0 bridgehead atoms. The van der Waals surface area contributed by atoms with E-state index in [2.05, 4.69) is 10.3 Å². The summed E-state index contributed by atoms with van der Waals surface area (Å²) in [7, 11) is -4.04. The standard InChI is InChI=1S/C16H25N5O7S/c17-16(18)19-6-7-27-8-9-28-11-14(22)20-10-13(15(23)24)21-29(25,26)12-4-2-1-3-5-12/h1-5,13,21H,6-11H2,(H,20,22)(H,23,24)(H4,17,18,19)/t13-/m0/s1. The van der Waals surface area contributed by atoms with Gasteiger partial charge in [0.2, 0.25) is 15.9 Å². The molecule has 0 aromatic heterocycles. The Hall–Kier alpha value is -2.74. The second-order valence-corrected chi connectivity index (χ2v) is 7.31. The SMILES string of the molecule is NC(N)=NCCOCCOCC(=O)NC[C@H](NS(=O)(=O)c1ccccc1)C(=O)O. The van der Waals surface area contributed by atoms with E-state index in [4.69, 9.17) is 20.9 Å². The highest BCUT2D eigenvalue weighted by Gasteiger charge is 2.25. The molecule has 29 heavy (non-hydrogen) atoms. The van der Waals surface area contributed by atoms with Gasteiger partial charge in [-0.3, -0.25) is 14.6 Å². The summed E-state index contributed by atoms with van der Waals surface area (Å²) in [5.41, 5.74) is 10.3. The number of nitrogens with zero attached hydrogens (tertiary/aromatic N) is 1. The zero-order valence-electron chi connectivity index (χ0n) is 15.6. The number of aliphatic imine (C=N–C) groups is 1. The Morgan fingerprint density at radius 1 is 1.10 bits per heavy atom. The zero-order valence-corrected chi connectivity index (χ0v) is 16.4. The minimum atomic E-state index is -4.04. The van der Waals surface area contributed by atoms with Crippen molar-refractivity contribution >= 4 is 27.9 Å². The first-order valence-electron chi connectivity index (χ1n) is 8.50. The van der Waals surface area contributed by atoms with Gasteiger partial charge in [-0.15, -0.1) is 0 Å². The molecule has 0 fully saturated rings. The molecule has 13 heteroatoms. The van der Waals surface area contributed by atoms with E-state index < -0.39 is 34.5 Å². The Kier molecular flexibility index (Phi) is 10.6. The molecule has 1 atom stereocenters. The van der Waals surface area contributed by atoms with Gasteiger partial charge in [0.15, 0.2) is 5.96 Å². The second-order valence-electron chi connectivity index (χ2n) is 5.60. The van der Waals surface area contributed by atoms with Crippen LogP contribution in [-0.4, -0.2) is 76.9 Å². The van der Waals surface area contributed by atoms with Crippen molar-refractivity contribution in [3.05, 3.63) is 30.3 Å². The van der Waals surface area contributed by atoms with Crippen molar-refractivity contribution in [2.75, 3.05) is 39.5 Å². The van der Waals surface area contributed by atoms with Gasteiger partial charge >= 0.3 is 5.97 Å². The molecule has 0 spiro atoms. The number of carboxylic acid groups (broad SMARTS) is 1. The van der Waals surface area contributed by atoms with Crippen molar-refractivity contribution in [1.29, 1.82) is 0 Å². The number of benzene rings is 1. The van der Waals surface area contributed by atoms with Gasteiger partial charge in [-0.2, -0.15) is 4.72 Å². The van der Waals surface area contributed by atoms with Crippen LogP contribution in [0.15, 0.2) is 40.2 Å². The highest BCUT2D eigenvalue weighted by molar-refractivity contribution is 7.89. The summed E-state index contributed by atoms with van der Waals surface area (Å²) in [5, 5.41) is 11.5. The molecule has 1 aromatic carbocycles. The summed E-state index contributed by atoms with van der Waals surface area (Å²) in [6.07, 6.45) is 0. The third kappa shape index (κ3) is 10.4. The molecule has 1 aromatic rings. The molecule has 0 heterocycles. The third-order valence-corrected chi connectivity index (χ3v) is 4.78. The molecule has 1 amide bonds. The lowest BCUT2D eigenvalue weighted by molar-refractivity contribution is -0.139. The highest BCUT2D eigenvalue weighted by atomic mass is 32.2. The maximum atomic E-state index is 12.2. The molecular formula is C16H25N5O7S. The summed E-state index contributed by atoms with van der Waals surface area (Å²) in [4.78, 5) is 26.7. The number of guanidine groups is 1. The number of aliphatic carboxylic acids is 1. The normalized spacial score (nSPS) is 12.1. The van der Waals surface area contributed by atoms with Crippen LogP contribution in [0, 0.1) is 0 Å². The van der Waals surface area contributed by atoms with Crippen molar-refractivity contribution in [1.82, 2.24) is 10.0 Å². The number of carboxylic acids is 1. The third-order valence-electron chi connectivity index (χ3n) is 3.29. The molecule has 12 nitrogen and oxygen atoms in total. The number of hydrogen-bond donors (Lipinski definition) is 5. The first-order valence-corrected chi connectivity index (χ1v) is 9.98. The van der Waals surface area contributed by atoms with Crippen LogP contribution >= 0.6 is 0 Å². The fourth-order valence-corrected chi connectivity index (χ4v) is 3.14. The molecule has 7 N–H and O–H groups in total. The van der Waals surface area contributed by atoms with Gasteiger partial charge < -0.3 is 31.4 Å². The number of rotatable bonds is 14. The number of ether oxygens (including phenoxy) is 2. The molecule has 0 unspecified atom stereocenters. The Bertz CT molecular complexity index is 782. The lowest BCUT2D eigenvalue weighted by Gasteiger charge is -2.15. The van der Waals surface area contributed by atoms with Crippen LogP contribution in [0.1, 0.15) is 0 Å². The van der Waals surface area contributed by atoms with Crippen LogP contribution in [0.2, 0.25) is 0 Å². The second kappa shape index (κ2) is 12.7. The number of nitrogens with two attached hydrogens (primary N) is 2.